The summed E-state index contributed by atoms with van der Waals surface area (Å²) in [5, 5.41) is 8.75. The second-order valence-corrected chi connectivity index (χ2v) is 5.98. The number of carbonyl (C=O) groups excluding carboxylic acids is 2. The molecule has 0 bridgehead atoms. The van der Waals surface area contributed by atoms with Gasteiger partial charge in [-0.2, -0.15) is 0 Å². The Bertz CT molecular complexity index is 717. The van der Waals surface area contributed by atoms with Crippen molar-refractivity contribution in [1.29, 1.82) is 0 Å². The van der Waals surface area contributed by atoms with Gasteiger partial charge in [-0.05, 0) is 43.8 Å². The maximum absolute atomic E-state index is 12.7. The van der Waals surface area contributed by atoms with Crippen molar-refractivity contribution in [1.82, 2.24) is 16.0 Å². The molecule has 0 heterocycles. The molecule has 0 saturated heterocycles. The second kappa shape index (κ2) is 9.58. The Morgan fingerprint density at radius 2 is 1.69 bits per heavy atom. The maximum Gasteiger partial charge on any atom is 0.252 e. The topological polar surface area (TPSA) is 79.5 Å². The fourth-order valence-corrected chi connectivity index (χ4v) is 2.36. The molecule has 26 heavy (non-hydrogen) atoms. The van der Waals surface area contributed by atoms with Crippen molar-refractivity contribution in [3.63, 3.8) is 0 Å². The van der Waals surface area contributed by atoms with Crippen LogP contribution in [0.25, 0.3) is 0 Å². The SMILES string of the molecule is CNC(C)CNC(=O)C(NC(=O)c1ccc(OC)cc1)c1ccccc1. The van der Waals surface area contributed by atoms with Crippen LogP contribution in [0.15, 0.2) is 54.6 Å². The van der Waals surface area contributed by atoms with Gasteiger partial charge in [-0.15, -0.1) is 0 Å². The number of hydrogen-bond acceptors (Lipinski definition) is 4. The first-order valence-electron chi connectivity index (χ1n) is 8.50. The minimum absolute atomic E-state index is 0.132. The Labute approximate surface area is 153 Å². The molecule has 0 aliphatic rings. The highest BCUT2D eigenvalue weighted by Crippen LogP contribution is 2.16. The van der Waals surface area contributed by atoms with Crippen LogP contribution in [0.1, 0.15) is 28.9 Å². The minimum atomic E-state index is -0.769. The fourth-order valence-electron chi connectivity index (χ4n) is 2.36. The van der Waals surface area contributed by atoms with Crippen LogP contribution in [-0.2, 0) is 4.79 Å². The van der Waals surface area contributed by atoms with Gasteiger partial charge in [0, 0.05) is 18.2 Å². The van der Waals surface area contributed by atoms with E-state index in [-0.39, 0.29) is 17.9 Å². The first-order valence-corrected chi connectivity index (χ1v) is 8.50. The highest BCUT2D eigenvalue weighted by atomic mass is 16.5. The molecule has 2 amide bonds. The number of carbonyl (C=O) groups is 2. The summed E-state index contributed by atoms with van der Waals surface area (Å²) in [4.78, 5) is 25.2. The number of hydrogen-bond donors (Lipinski definition) is 3. The average Bonchev–Trinajstić information content (AvgIpc) is 2.70. The smallest absolute Gasteiger partial charge is 0.252 e. The second-order valence-electron chi connectivity index (χ2n) is 5.98. The number of likely N-dealkylation sites (N-methyl/N-ethyl adjacent to an activating group) is 1. The molecular weight excluding hydrogens is 330 g/mol. The van der Waals surface area contributed by atoms with Crippen LogP contribution >= 0.6 is 0 Å². The van der Waals surface area contributed by atoms with Gasteiger partial charge in [0.2, 0.25) is 5.91 Å². The number of rotatable bonds is 8. The van der Waals surface area contributed by atoms with E-state index in [9.17, 15) is 9.59 Å². The van der Waals surface area contributed by atoms with E-state index in [1.807, 2.05) is 44.3 Å². The molecule has 0 saturated carbocycles. The molecule has 6 nitrogen and oxygen atoms in total. The Kier molecular flexibility index (Phi) is 7.17. The molecule has 2 aromatic rings. The molecule has 0 aliphatic carbocycles. The number of methoxy groups -OCH3 is 1. The summed E-state index contributed by atoms with van der Waals surface area (Å²) in [7, 11) is 3.40. The lowest BCUT2D eigenvalue weighted by Gasteiger charge is -2.20. The highest BCUT2D eigenvalue weighted by molar-refractivity contribution is 5.98. The molecular formula is C20H25N3O3. The molecule has 138 valence electrons. The summed E-state index contributed by atoms with van der Waals surface area (Å²) in [5.41, 5.74) is 1.19. The van der Waals surface area contributed by atoms with E-state index in [4.69, 9.17) is 4.74 Å². The first kappa shape index (κ1) is 19.5. The Balaban J connectivity index is 2.15. The molecule has 2 unspecified atom stereocenters. The third kappa shape index (κ3) is 5.32. The Hall–Kier alpha value is -2.86. The Morgan fingerprint density at radius 1 is 1.04 bits per heavy atom. The van der Waals surface area contributed by atoms with Gasteiger partial charge in [0.1, 0.15) is 11.8 Å². The molecule has 3 N–H and O–H groups in total. The third-order valence-electron chi connectivity index (χ3n) is 4.10. The third-order valence-corrected chi connectivity index (χ3v) is 4.10. The molecule has 2 rings (SSSR count). The predicted octanol–water partition coefficient (Wildman–Crippen LogP) is 1.89. The minimum Gasteiger partial charge on any atom is -0.497 e. The summed E-state index contributed by atoms with van der Waals surface area (Å²) < 4.78 is 5.10. The first-order chi connectivity index (χ1) is 12.5. The van der Waals surface area contributed by atoms with E-state index < -0.39 is 6.04 Å². The van der Waals surface area contributed by atoms with Gasteiger partial charge in [-0.25, -0.2) is 0 Å². The van der Waals surface area contributed by atoms with Gasteiger partial charge < -0.3 is 20.7 Å². The van der Waals surface area contributed by atoms with E-state index in [1.54, 1.807) is 31.4 Å². The van der Waals surface area contributed by atoms with Crippen LogP contribution in [0.2, 0.25) is 0 Å². The monoisotopic (exact) mass is 355 g/mol. The number of ether oxygens (including phenoxy) is 1. The van der Waals surface area contributed by atoms with Gasteiger partial charge in [0.15, 0.2) is 0 Å². The summed E-state index contributed by atoms with van der Waals surface area (Å²) in [6, 6.07) is 15.3. The van der Waals surface area contributed by atoms with Crippen molar-refractivity contribution in [2.45, 2.75) is 19.0 Å². The lowest BCUT2D eigenvalue weighted by molar-refractivity contribution is -0.123. The van der Waals surface area contributed by atoms with Gasteiger partial charge in [-0.1, -0.05) is 30.3 Å². The van der Waals surface area contributed by atoms with Crippen molar-refractivity contribution in [3.8, 4) is 5.75 Å². The molecule has 0 aromatic heterocycles. The van der Waals surface area contributed by atoms with Crippen molar-refractivity contribution < 1.29 is 14.3 Å². The van der Waals surface area contributed by atoms with Gasteiger partial charge in [0.05, 0.1) is 7.11 Å². The van der Waals surface area contributed by atoms with E-state index in [1.165, 1.54) is 0 Å². The zero-order chi connectivity index (χ0) is 18.9. The van der Waals surface area contributed by atoms with Crippen molar-refractivity contribution in [2.75, 3.05) is 20.7 Å². The lowest BCUT2D eigenvalue weighted by Crippen LogP contribution is -2.44. The standard InChI is InChI=1S/C20H25N3O3/c1-14(21-2)13-22-20(25)18(15-7-5-4-6-8-15)23-19(24)16-9-11-17(26-3)12-10-16/h4-12,14,18,21H,13H2,1-3H3,(H,22,25)(H,23,24). The van der Waals surface area contributed by atoms with Crippen LogP contribution < -0.4 is 20.7 Å². The quantitative estimate of drug-likeness (QED) is 0.676. The molecule has 2 aromatic carbocycles. The number of amides is 2. The van der Waals surface area contributed by atoms with E-state index in [2.05, 4.69) is 16.0 Å². The van der Waals surface area contributed by atoms with Crippen LogP contribution in [0.4, 0.5) is 0 Å². The molecule has 0 aliphatic heterocycles. The zero-order valence-electron chi connectivity index (χ0n) is 15.3. The van der Waals surface area contributed by atoms with E-state index in [0.29, 0.717) is 17.9 Å². The number of benzene rings is 2. The zero-order valence-corrected chi connectivity index (χ0v) is 15.3. The van der Waals surface area contributed by atoms with Crippen molar-refractivity contribution in [2.24, 2.45) is 0 Å². The van der Waals surface area contributed by atoms with Crippen LogP contribution in [0.5, 0.6) is 5.75 Å². The van der Waals surface area contributed by atoms with Crippen LogP contribution in [0.3, 0.4) is 0 Å². The summed E-state index contributed by atoms with van der Waals surface area (Å²) >= 11 is 0. The van der Waals surface area contributed by atoms with E-state index in [0.717, 1.165) is 5.56 Å². The van der Waals surface area contributed by atoms with Crippen molar-refractivity contribution >= 4 is 11.8 Å². The maximum atomic E-state index is 12.7. The number of nitrogens with one attached hydrogen (secondary N) is 3. The van der Waals surface area contributed by atoms with Gasteiger partial charge in [-0.3, -0.25) is 9.59 Å². The summed E-state index contributed by atoms with van der Waals surface area (Å²) in [6.07, 6.45) is 0. The highest BCUT2D eigenvalue weighted by Gasteiger charge is 2.23. The van der Waals surface area contributed by atoms with Crippen LogP contribution in [-0.4, -0.2) is 38.6 Å². The molecule has 0 spiro atoms. The molecule has 2 atom stereocenters. The largest absolute Gasteiger partial charge is 0.497 e. The summed E-state index contributed by atoms with van der Waals surface area (Å²) in [6.45, 7) is 2.44. The van der Waals surface area contributed by atoms with E-state index >= 15 is 0 Å². The van der Waals surface area contributed by atoms with Gasteiger partial charge >= 0.3 is 0 Å². The molecule has 0 radical (unpaired) electrons. The van der Waals surface area contributed by atoms with Gasteiger partial charge in [0.25, 0.3) is 5.91 Å². The molecule has 6 heteroatoms. The Morgan fingerprint density at radius 3 is 2.27 bits per heavy atom. The average molecular weight is 355 g/mol. The fraction of sp³-hybridized carbons (Fsp3) is 0.300. The predicted molar refractivity (Wildman–Crippen MR) is 101 cm³/mol. The van der Waals surface area contributed by atoms with Crippen molar-refractivity contribution in [3.05, 3.63) is 65.7 Å². The van der Waals surface area contributed by atoms with Crippen LogP contribution in [0, 0.1) is 0 Å². The lowest BCUT2D eigenvalue weighted by atomic mass is 10.1. The normalized spacial score (nSPS) is 12.7. The molecule has 0 fully saturated rings. The summed E-state index contributed by atoms with van der Waals surface area (Å²) in [5.74, 6) is 0.0958.